The monoisotopic (exact) mass is 523 g/mol. The summed E-state index contributed by atoms with van der Waals surface area (Å²) in [6.45, 7) is 1.08. The van der Waals surface area contributed by atoms with E-state index in [9.17, 15) is 18.0 Å². The Kier molecular flexibility index (Phi) is 8.27. The Morgan fingerprint density at radius 3 is 2.14 bits per heavy atom. The van der Waals surface area contributed by atoms with Crippen molar-refractivity contribution < 1.29 is 13.2 Å². The Balaban J connectivity index is 1.73. The number of carbonyl (C=O) groups is 1. The lowest BCUT2D eigenvalue weighted by atomic mass is 9.99. The van der Waals surface area contributed by atoms with E-state index in [1.165, 1.54) is 23.2 Å². The van der Waals surface area contributed by atoms with E-state index >= 15 is 0 Å². The lowest BCUT2D eigenvalue weighted by Gasteiger charge is -2.22. The van der Waals surface area contributed by atoms with Gasteiger partial charge in [0.2, 0.25) is 0 Å². The van der Waals surface area contributed by atoms with Gasteiger partial charge in [-0.15, -0.1) is 0 Å². The Bertz CT molecular complexity index is 1420. The number of sulfonamides is 1. The quantitative estimate of drug-likeness (QED) is 0.474. The van der Waals surface area contributed by atoms with Crippen LogP contribution in [0.3, 0.4) is 0 Å². The highest BCUT2D eigenvalue weighted by Gasteiger charge is 2.33. The topological polar surface area (TPSA) is 106 Å². The summed E-state index contributed by atoms with van der Waals surface area (Å²) in [4.78, 5) is 26.7. The zero-order chi connectivity index (χ0) is 26.4. The first kappa shape index (κ1) is 26.4. The van der Waals surface area contributed by atoms with Crippen LogP contribution in [0.25, 0.3) is 5.69 Å². The molecule has 1 heterocycles. The molecule has 9 nitrogen and oxygen atoms in total. The molecular formula is C27H33N5O4S. The average Bonchev–Trinajstić information content (AvgIpc) is 3.10. The number of aromatic nitrogens is 2. The van der Waals surface area contributed by atoms with Crippen molar-refractivity contribution in [3.63, 3.8) is 0 Å². The summed E-state index contributed by atoms with van der Waals surface area (Å²) < 4.78 is 31.4. The van der Waals surface area contributed by atoms with Crippen molar-refractivity contribution in [3.05, 3.63) is 76.7 Å². The van der Waals surface area contributed by atoms with E-state index < -0.39 is 28.0 Å². The minimum absolute atomic E-state index is 0.0111. The number of nitrogens with zero attached hydrogens (tertiary/aromatic N) is 4. The number of benzene rings is 2. The van der Waals surface area contributed by atoms with Gasteiger partial charge < -0.3 is 0 Å². The van der Waals surface area contributed by atoms with Crippen molar-refractivity contribution in [2.75, 3.05) is 10.8 Å². The highest BCUT2D eigenvalue weighted by atomic mass is 32.2. The molecule has 1 aromatic heterocycles. The van der Waals surface area contributed by atoms with Gasteiger partial charge in [0.05, 0.1) is 16.3 Å². The molecule has 0 saturated heterocycles. The van der Waals surface area contributed by atoms with Gasteiger partial charge in [-0.2, -0.15) is 5.10 Å². The van der Waals surface area contributed by atoms with Crippen LogP contribution in [0.15, 0.2) is 75.5 Å². The zero-order valence-electron chi connectivity index (χ0n) is 21.3. The van der Waals surface area contributed by atoms with E-state index in [1.807, 2.05) is 6.07 Å². The second-order valence-corrected chi connectivity index (χ2v) is 11.1. The van der Waals surface area contributed by atoms with Crippen molar-refractivity contribution in [3.8, 4) is 5.69 Å². The van der Waals surface area contributed by atoms with Crippen molar-refractivity contribution in [2.45, 2.75) is 56.8 Å². The van der Waals surface area contributed by atoms with Gasteiger partial charge in [0.25, 0.3) is 21.5 Å². The first-order chi connectivity index (χ1) is 17.8. The molecule has 196 valence electrons. The molecule has 3 aromatic rings. The van der Waals surface area contributed by atoms with Crippen LogP contribution in [-0.4, -0.2) is 35.9 Å². The second kappa shape index (κ2) is 11.6. The second-order valence-electron chi connectivity index (χ2n) is 9.22. The summed E-state index contributed by atoms with van der Waals surface area (Å²) >= 11 is 0. The molecular weight excluding hydrogens is 490 g/mol. The fraction of sp³-hybridized carbons (Fsp3) is 0.370. The maximum atomic E-state index is 13.8. The molecule has 1 saturated carbocycles. The maximum absolute atomic E-state index is 13.8. The number of hydrazone groups is 1. The van der Waals surface area contributed by atoms with Gasteiger partial charge in [-0.05, 0) is 56.9 Å². The first-order valence-electron chi connectivity index (χ1n) is 12.6. The highest BCUT2D eigenvalue weighted by molar-refractivity contribution is 7.92. The number of hydrogen-bond acceptors (Lipinski definition) is 5. The smallest absolute Gasteiger partial charge is 0.283 e. The SMILES string of the molecule is Cc1c(N(CC(=O)NN=C2CCCCCCC2)S(=O)(=O)c2ccccc2)c(=O)n(-c2ccccc2)n1C. The highest BCUT2D eigenvalue weighted by Crippen LogP contribution is 2.25. The summed E-state index contributed by atoms with van der Waals surface area (Å²) in [5.74, 6) is -0.608. The number of rotatable bonds is 7. The molecule has 1 N–H and O–H groups in total. The van der Waals surface area contributed by atoms with Crippen LogP contribution in [0.1, 0.15) is 50.6 Å². The van der Waals surface area contributed by atoms with Crippen LogP contribution in [-0.2, 0) is 21.9 Å². The molecule has 0 unspecified atom stereocenters. The molecule has 4 rings (SSSR count). The van der Waals surface area contributed by atoms with Crippen molar-refractivity contribution >= 4 is 27.3 Å². The fourth-order valence-electron chi connectivity index (χ4n) is 4.58. The molecule has 0 spiro atoms. The van der Waals surface area contributed by atoms with Crippen LogP contribution >= 0.6 is 0 Å². The molecule has 1 aliphatic rings. The normalized spacial score (nSPS) is 14.5. The molecule has 1 fully saturated rings. The largest absolute Gasteiger partial charge is 0.296 e. The molecule has 1 aliphatic carbocycles. The van der Waals surface area contributed by atoms with Crippen LogP contribution in [0.4, 0.5) is 5.69 Å². The van der Waals surface area contributed by atoms with Gasteiger partial charge in [-0.25, -0.2) is 22.8 Å². The van der Waals surface area contributed by atoms with E-state index in [2.05, 4.69) is 10.5 Å². The third-order valence-electron chi connectivity index (χ3n) is 6.66. The van der Waals surface area contributed by atoms with E-state index in [0.717, 1.165) is 48.5 Å². The molecule has 0 atom stereocenters. The van der Waals surface area contributed by atoms with Gasteiger partial charge in [0.15, 0.2) is 0 Å². The summed E-state index contributed by atoms with van der Waals surface area (Å²) in [7, 11) is -2.55. The predicted molar refractivity (Wildman–Crippen MR) is 145 cm³/mol. The summed E-state index contributed by atoms with van der Waals surface area (Å²) in [5, 5.41) is 4.31. The van der Waals surface area contributed by atoms with Gasteiger partial charge in [-0.1, -0.05) is 55.7 Å². The van der Waals surface area contributed by atoms with Crippen LogP contribution < -0.4 is 15.3 Å². The number of para-hydroxylation sites is 1. The molecule has 1 amide bonds. The number of amides is 1. The van der Waals surface area contributed by atoms with Gasteiger partial charge >= 0.3 is 0 Å². The lowest BCUT2D eigenvalue weighted by Crippen LogP contribution is -2.42. The number of hydrogen-bond donors (Lipinski definition) is 1. The summed E-state index contributed by atoms with van der Waals surface area (Å²) in [6, 6.07) is 16.8. The molecule has 0 bridgehead atoms. The maximum Gasteiger partial charge on any atom is 0.296 e. The third-order valence-corrected chi connectivity index (χ3v) is 8.42. The minimum atomic E-state index is -4.24. The van der Waals surface area contributed by atoms with E-state index in [1.54, 1.807) is 61.1 Å². The minimum Gasteiger partial charge on any atom is -0.283 e. The predicted octanol–water partition coefficient (Wildman–Crippen LogP) is 3.90. The van der Waals surface area contributed by atoms with Crippen LogP contribution in [0.2, 0.25) is 0 Å². The molecule has 0 radical (unpaired) electrons. The molecule has 10 heteroatoms. The number of anilines is 1. The van der Waals surface area contributed by atoms with Gasteiger partial charge in [0, 0.05) is 12.8 Å². The Labute approximate surface area is 217 Å². The standard InChI is InChI=1S/C27H33N5O4S/c1-21-26(27(34)32(30(21)2)23-16-10-6-11-17-23)31(37(35,36)24-18-12-7-13-19-24)20-25(33)29-28-22-14-8-4-3-5-9-15-22/h6-7,10-13,16-19H,3-5,8-9,14-15,20H2,1-2H3,(H,29,33). The average molecular weight is 524 g/mol. The number of nitrogens with one attached hydrogen (secondary N) is 1. The van der Waals surface area contributed by atoms with Crippen molar-refractivity contribution in [2.24, 2.45) is 12.1 Å². The molecule has 37 heavy (non-hydrogen) atoms. The van der Waals surface area contributed by atoms with E-state index in [0.29, 0.717) is 11.4 Å². The third kappa shape index (κ3) is 5.85. The summed E-state index contributed by atoms with van der Waals surface area (Å²) in [5.41, 5.74) is 3.83. The summed E-state index contributed by atoms with van der Waals surface area (Å²) in [6.07, 6.45) is 7.14. The van der Waals surface area contributed by atoms with E-state index in [4.69, 9.17) is 0 Å². The van der Waals surface area contributed by atoms with Gasteiger partial charge in [-0.3, -0.25) is 14.3 Å². The first-order valence-corrected chi connectivity index (χ1v) is 14.0. The van der Waals surface area contributed by atoms with Crippen LogP contribution in [0.5, 0.6) is 0 Å². The van der Waals surface area contributed by atoms with Crippen molar-refractivity contribution in [1.82, 2.24) is 14.8 Å². The molecule has 0 aliphatic heterocycles. The van der Waals surface area contributed by atoms with Crippen LogP contribution in [0, 0.1) is 6.92 Å². The lowest BCUT2D eigenvalue weighted by molar-refractivity contribution is -0.119. The van der Waals surface area contributed by atoms with E-state index in [-0.39, 0.29) is 10.6 Å². The Morgan fingerprint density at radius 2 is 1.51 bits per heavy atom. The van der Waals surface area contributed by atoms with Gasteiger partial charge in [0.1, 0.15) is 12.2 Å². The number of carbonyl (C=O) groups excluding carboxylic acids is 1. The Morgan fingerprint density at radius 1 is 0.946 bits per heavy atom. The zero-order valence-corrected chi connectivity index (χ0v) is 22.1. The fourth-order valence-corrected chi connectivity index (χ4v) is 6.07. The van der Waals surface area contributed by atoms with Crippen molar-refractivity contribution in [1.29, 1.82) is 0 Å². The molecule has 2 aromatic carbocycles. The Hall–Kier alpha value is -3.66.